The number of aromatic amines is 1. The molecule has 3 aromatic heterocycles. The summed E-state index contributed by atoms with van der Waals surface area (Å²) < 4.78 is 12.1. The van der Waals surface area contributed by atoms with Crippen LogP contribution >= 0.6 is 11.3 Å². The molecule has 0 aliphatic heterocycles. The number of nitrogens with one attached hydrogen (secondary N) is 1. The van der Waals surface area contributed by atoms with Crippen LogP contribution in [0.5, 0.6) is 5.75 Å². The van der Waals surface area contributed by atoms with Gasteiger partial charge in [0.1, 0.15) is 9.71 Å². The van der Waals surface area contributed by atoms with E-state index in [1.165, 1.54) is 23.2 Å². The lowest BCUT2D eigenvalue weighted by molar-refractivity contribution is 0.0464. The highest BCUT2D eigenvalue weighted by atomic mass is 32.1. The average molecular weight is 432 g/mol. The molecule has 3 rings (SSSR count). The fourth-order valence-corrected chi connectivity index (χ4v) is 3.91. The summed E-state index contributed by atoms with van der Waals surface area (Å²) in [4.78, 5) is 45.8. The van der Waals surface area contributed by atoms with Crippen LogP contribution in [0.4, 0.5) is 0 Å². The zero-order chi connectivity index (χ0) is 21.8. The predicted octanol–water partition coefficient (Wildman–Crippen LogP) is 3.10. The Bertz CT molecular complexity index is 1180. The Kier molecular flexibility index (Phi) is 6.71. The van der Waals surface area contributed by atoms with Gasteiger partial charge in [0, 0.05) is 18.0 Å². The molecule has 160 valence electrons. The molecular formula is C21H25N3O5S. The van der Waals surface area contributed by atoms with Crippen molar-refractivity contribution in [2.75, 3.05) is 13.2 Å². The van der Waals surface area contributed by atoms with Crippen molar-refractivity contribution in [3.05, 3.63) is 55.3 Å². The van der Waals surface area contributed by atoms with Crippen molar-refractivity contribution in [2.45, 2.75) is 40.7 Å². The van der Waals surface area contributed by atoms with E-state index in [2.05, 4.69) is 9.97 Å². The zero-order valence-corrected chi connectivity index (χ0v) is 18.3. The fraction of sp³-hybridized carbons (Fsp3) is 0.429. The molecule has 8 nitrogen and oxygen atoms in total. The highest BCUT2D eigenvalue weighted by Crippen LogP contribution is 2.27. The van der Waals surface area contributed by atoms with Crippen LogP contribution in [-0.4, -0.2) is 33.7 Å². The second kappa shape index (κ2) is 9.25. The largest absolute Gasteiger partial charge is 0.488 e. The lowest BCUT2D eigenvalue weighted by Crippen LogP contribution is -2.22. The van der Waals surface area contributed by atoms with Gasteiger partial charge in [0.25, 0.3) is 5.56 Å². The van der Waals surface area contributed by atoms with Gasteiger partial charge in [0.15, 0.2) is 5.75 Å². The topological polar surface area (TPSA) is 103 Å². The van der Waals surface area contributed by atoms with Crippen LogP contribution in [0.1, 0.15) is 48.1 Å². The van der Waals surface area contributed by atoms with Crippen molar-refractivity contribution in [3.63, 3.8) is 0 Å². The number of thiophene rings is 1. The third-order valence-electron chi connectivity index (χ3n) is 4.39. The Morgan fingerprint density at radius 2 is 2.10 bits per heavy atom. The van der Waals surface area contributed by atoms with E-state index in [1.807, 2.05) is 20.8 Å². The molecule has 0 amide bonds. The highest BCUT2D eigenvalue weighted by Gasteiger charge is 2.21. The van der Waals surface area contributed by atoms with E-state index in [9.17, 15) is 14.4 Å². The lowest BCUT2D eigenvalue weighted by Gasteiger charge is -2.08. The van der Waals surface area contributed by atoms with Crippen molar-refractivity contribution in [1.29, 1.82) is 0 Å². The minimum absolute atomic E-state index is 0.146. The van der Waals surface area contributed by atoms with Crippen molar-refractivity contribution >= 4 is 27.5 Å². The average Bonchev–Trinajstić information content (AvgIpc) is 3.05. The molecule has 0 aliphatic rings. The number of H-pyrrole nitrogens is 1. The normalized spacial score (nSPS) is 11.2. The molecule has 0 saturated heterocycles. The van der Waals surface area contributed by atoms with E-state index in [1.54, 1.807) is 6.92 Å². The van der Waals surface area contributed by atoms with Crippen molar-refractivity contribution < 1.29 is 14.3 Å². The van der Waals surface area contributed by atoms with Crippen LogP contribution in [0, 0.1) is 12.8 Å². The van der Waals surface area contributed by atoms with Gasteiger partial charge in [-0.05, 0) is 24.8 Å². The number of ether oxygens (including phenoxy) is 2. The number of hydrogen-bond acceptors (Lipinski definition) is 7. The van der Waals surface area contributed by atoms with Crippen LogP contribution in [0.2, 0.25) is 0 Å². The number of aryl methyl sites for hydroxylation is 1. The first-order chi connectivity index (χ1) is 14.3. The number of aromatic nitrogens is 3. The molecule has 0 aliphatic carbocycles. The first-order valence-corrected chi connectivity index (χ1v) is 10.6. The molecule has 0 aromatic carbocycles. The second-order valence-electron chi connectivity index (χ2n) is 7.44. The lowest BCUT2D eigenvalue weighted by atomic mass is 10.2. The molecule has 3 aromatic rings. The van der Waals surface area contributed by atoms with Crippen LogP contribution in [0.3, 0.4) is 0 Å². The van der Waals surface area contributed by atoms with E-state index >= 15 is 0 Å². The Morgan fingerprint density at radius 3 is 2.77 bits per heavy atom. The Hall–Kier alpha value is -2.94. The number of rotatable bonds is 8. The first-order valence-electron chi connectivity index (χ1n) is 9.81. The van der Waals surface area contributed by atoms with E-state index in [0.29, 0.717) is 39.6 Å². The Labute approximate surface area is 177 Å². The fourth-order valence-electron chi connectivity index (χ4n) is 2.87. The van der Waals surface area contributed by atoms with Gasteiger partial charge in [0.2, 0.25) is 5.43 Å². The molecule has 0 atom stereocenters. The van der Waals surface area contributed by atoms with Gasteiger partial charge in [-0.2, -0.15) is 0 Å². The molecule has 3 heterocycles. The number of esters is 1. The maximum absolute atomic E-state index is 13.0. The monoisotopic (exact) mass is 431 g/mol. The minimum Gasteiger partial charge on any atom is -0.488 e. The molecule has 0 fully saturated rings. The number of carbonyl (C=O) groups excluding carboxylic acids is 1. The summed E-state index contributed by atoms with van der Waals surface area (Å²) in [5.41, 5.74) is 0.592. The summed E-state index contributed by atoms with van der Waals surface area (Å²) >= 11 is 1.15. The van der Waals surface area contributed by atoms with Gasteiger partial charge >= 0.3 is 5.97 Å². The van der Waals surface area contributed by atoms with E-state index in [0.717, 1.165) is 17.8 Å². The van der Waals surface area contributed by atoms with Crippen molar-refractivity contribution in [3.8, 4) is 5.75 Å². The molecule has 1 N–H and O–H groups in total. The van der Waals surface area contributed by atoms with E-state index in [4.69, 9.17) is 9.47 Å². The second-order valence-corrected chi connectivity index (χ2v) is 8.44. The highest BCUT2D eigenvalue weighted by molar-refractivity contribution is 7.20. The number of fused-ring (bicyclic) bond motifs is 1. The van der Waals surface area contributed by atoms with Crippen LogP contribution < -0.4 is 15.7 Å². The Balaban J connectivity index is 1.89. The van der Waals surface area contributed by atoms with Crippen LogP contribution in [0.25, 0.3) is 10.2 Å². The summed E-state index contributed by atoms with van der Waals surface area (Å²) in [6.45, 7) is 8.51. The number of hydrogen-bond donors (Lipinski definition) is 1. The minimum atomic E-state index is -0.442. The van der Waals surface area contributed by atoms with Crippen LogP contribution in [0.15, 0.2) is 28.2 Å². The first kappa shape index (κ1) is 21.8. The third kappa shape index (κ3) is 4.62. The summed E-state index contributed by atoms with van der Waals surface area (Å²) in [5.74, 6) is 0.0295. The van der Waals surface area contributed by atoms with E-state index in [-0.39, 0.29) is 29.2 Å². The molecule has 30 heavy (non-hydrogen) atoms. The third-order valence-corrected chi connectivity index (χ3v) is 5.57. The SMILES string of the molecule is CCCOc1c[nH]c(Cn2cnc3sc(C(=O)OCC(C)C)c(C)c3c2=O)cc1=O. The smallest absolute Gasteiger partial charge is 0.348 e. The van der Waals surface area contributed by atoms with Gasteiger partial charge in [-0.15, -0.1) is 11.3 Å². The van der Waals surface area contributed by atoms with Gasteiger partial charge in [-0.25, -0.2) is 9.78 Å². The maximum Gasteiger partial charge on any atom is 0.348 e. The summed E-state index contributed by atoms with van der Waals surface area (Å²) in [5, 5.41) is 0.393. The van der Waals surface area contributed by atoms with Gasteiger partial charge in [-0.1, -0.05) is 20.8 Å². The molecule has 0 spiro atoms. The molecular weight excluding hydrogens is 406 g/mol. The molecule has 0 unspecified atom stereocenters. The molecule has 0 radical (unpaired) electrons. The molecule has 0 saturated carbocycles. The van der Waals surface area contributed by atoms with E-state index < -0.39 is 5.97 Å². The Morgan fingerprint density at radius 1 is 1.33 bits per heavy atom. The van der Waals surface area contributed by atoms with Crippen LogP contribution in [-0.2, 0) is 11.3 Å². The molecule has 9 heteroatoms. The van der Waals surface area contributed by atoms with Gasteiger partial charge in [-0.3, -0.25) is 14.2 Å². The number of nitrogens with zero attached hydrogens (tertiary/aromatic N) is 2. The number of pyridine rings is 1. The summed E-state index contributed by atoms with van der Waals surface area (Å²) in [6, 6.07) is 1.41. The maximum atomic E-state index is 13.0. The molecule has 0 bridgehead atoms. The number of carbonyl (C=O) groups is 1. The summed E-state index contributed by atoms with van der Waals surface area (Å²) in [6.07, 6.45) is 3.72. The van der Waals surface area contributed by atoms with Crippen molar-refractivity contribution in [2.24, 2.45) is 5.92 Å². The summed E-state index contributed by atoms with van der Waals surface area (Å²) in [7, 11) is 0. The predicted molar refractivity (Wildman–Crippen MR) is 116 cm³/mol. The standard InChI is InChI=1S/C21H25N3O5S/c1-5-6-28-16-8-22-14(7-15(16)25)9-24-11-23-19-17(20(24)26)13(4)18(30-19)21(27)29-10-12(2)3/h7-8,11-12H,5-6,9-10H2,1-4H3,(H,22,25). The van der Waals surface area contributed by atoms with Crippen molar-refractivity contribution in [1.82, 2.24) is 14.5 Å². The van der Waals surface area contributed by atoms with Gasteiger partial charge in [0.05, 0.1) is 31.5 Å². The van der Waals surface area contributed by atoms with Gasteiger partial charge < -0.3 is 14.5 Å². The zero-order valence-electron chi connectivity index (χ0n) is 17.5. The quantitative estimate of drug-likeness (QED) is 0.550.